The van der Waals surface area contributed by atoms with Crippen LogP contribution in [-0.2, 0) is 0 Å². The molecule has 0 aliphatic carbocycles. The lowest BCUT2D eigenvalue weighted by Gasteiger charge is -2.13. The van der Waals surface area contributed by atoms with Crippen LogP contribution in [0.15, 0.2) is 24.5 Å². The highest BCUT2D eigenvalue weighted by Crippen LogP contribution is 2.34. The first kappa shape index (κ1) is 11.8. The van der Waals surface area contributed by atoms with Crippen LogP contribution < -0.4 is 4.74 Å². The third-order valence-electron chi connectivity index (χ3n) is 2.68. The second-order valence-electron chi connectivity index (χ2n) is 4.11. The second kappa shape index (κ2) is 4.65. The predicted molar refractivity (Wildman–Crippen MR) is 62.4 cm³/mol. The third kappa shape index (κ3) is 2.07. The molecule has 1 aromatic carbocycles. The lowest BCUT2D eigenvalue weighted by Crippen LogP contribution is -1.99. The van der Waals surface area contributed by atoms with Gasteiger partial charge in [0.1, 0.15) is 0 Å². The average Bonchev–Trinajstić information content (AvgIpc) is 2.32. The highest BCUT2D eigenvalue weighted by molar-refractivity contribution is 5.91. The number of nitrogens with zero attached hydrogens (tertiary/aromatic N) is 1. The Hall–Kier alpha value is -1.71. The van der Waals surface area contributed by atoms with Crippen LogP contribution in [0.1, 0.15) is 25.3 Å². The summed E-state index contributed by atoms with van der Waals surface area (Å²) in [6.45, 7) is 2.90. The second-order valence-corrected chi connectivity index (χ2v) is 4.11. The van der Waals surface area contributed by atoms with E-state index >= 15 is 0 Å². The fourth-order valence-electron chi connectivity index (χ4n) is 1.87. The van der Waals surface area contributed by atoms with Crippen LogP contribution >= 0.6 is 0 Å². The molecule has 2 rings (SSSR count). The lowest BCUT2D eigenvalue weighted by molar-refractivity contribution is 0.186. The van der Waals surface area contributed by atoms with Gasteiger partial charge in [-0.1, -0.05) is 13.8 Å². The molecule has 0 unspecified atom stereocenters. The number of alkyl halides is 1. The summed E-state index contributed by atoms with van der Waals surface area (Å²) in [5.74, 6) is -0.422. The quantitative estimate of drug-likeness (QED) is 0.810. The zero-order chi connectivity index (χ0) is 12.4. The van der Waals surface area contributed by atoms with Gasteiger partial charge in [0.15, 0.2) is 11.6 Å². The van der Waals surface area contributed by atoms with E-state index in [1.165, 1.54) is 6.07 Å². The van der Waals surface area contributed by atoms with E-state index in [1.807, 2.05) is 13.8 Å². The number of benzene rings is 1. The Morgan fingerprint density at radius 2 is 2.06 bits per heavy atom. The van der Waals surface area contributed by atoms with Gasteiger partial charge in [-0.3, -0.25) is 4.98 Å². The Morgan fingerprint density at radius 3 is 2.71 bits per heavy atom. The third-order valence-corrected chi connectivity index (χ3v) is 2.68. The topological polar surface area (TPSA) is 22.1 Å². The maximum absolute atomic E-state index is 13.6. The number of halogens is 2. The minimum Gasteiger partial charge on any atom is -0.459 e. The van der Waals surface area contributed by atoms with Crippen molar-refractivity contribution in [3.63, 3.8) is 0 Å². The average molecular weight is 237 g/mol. The molecular formula is C13H13F2NO. The molecule has 0 radical (unpaired) electrons. The molecular weight excluding hydrogens is 224 g/mol. The van der Waals surface area contributed by atoms with E-state index in [2.05, 4.69) is 4.98 Å². The van der Waals surface area contributed by atoms with Crippen LogP contribution in [0.3, 0.4) is 0 Å². The Kier molecular flexibility index (Phi) is 3.22. The molecule has 0 N–H and O–H groups in total. The van der Waals surface area contributed by atoms with Gasteiger partial charge >= 0.3 is 0 Å². The summed E-state index contributed by atoms with van der Waals surface area (Å²) in [6, 6.07) is 2.88. The fourth-order valence-corrected chi connectivity index (χ4v) is 1.87. The SMILES string of the molecule is CC(C)c1cncc2ccc(F)c(OCF)c12. The zero-order valence-electron chi connectivity index (χ0n) is 9.71. The zero-order valence-corrected chi connectivity index (χ0v) is 9.71. The summed E-state index contributed by atoms with van der Waals surface area (Å²) in [7, 11) is 0. The van der Waals surface area contributed by atoms with E-state index in [9.17, 15) is 8.78 Å². The van der Waals surface area contributed by atoms with Crippen molar-refractivity contribution in [2.45, 2.75) is 19.8 Å². The van der Waals surface area contributed by atoms with Gasteiger partial charge in [-0.05, 0) is 23.6 Å². The van der Waals surface area contributed by atoms with E-state index in [4.69, 9.17) is 4.74 Å². The molecule has 2 aromatic rings. The summed E-state index contributed by atoms with van der Waals surface area (Å²) in [5, 5.41) is 1.36. The van der Waals surface area contributed by atoms with Crippen LogP contribution in [0.25, 0.3) is 10.8 Å². The van der Waals surface area contributed by atoms with Crippen molar-refractivity contribution >= 4 is 10.8 Å². The molecule has 0 amide bonds. The van der Waals surface area contributed by atoms with Gasteiger partial charge in [0, 0.05) is 23.2 Å². The Labute approximate surface area is 98.2 Å². The number of pyridine rings is 1. The highest BCUT2D eigenvalue weighted by atomic mass is 19.1. The van der Waals surface area contributed by atoms with E-state index < -0.39 is 12.7 Å². The highest BCUT2D eigenvalue weighted by Gasteiger charge is 2.14. The van der Waals surface area contributed by atoms with Gasteiger partial charge in [0.25, 0.3) is 0 Å². The van der Waals surface area contributed by atoms with Gasteiger partial charge < -0.3 is 4.74 Å². The molecule has 90 valence electrons. The maximum atomic E-state index is 13.6. The number of rotatable bonds is 3. The van der Waals surface area contributed by atoms with Crippen molar-refractivity contribution < 1.29 is 13.5 Å². The molecule has 1 heterocycles. The Bertz CT molecular complexity index is 540. The van der Waals surface area contributed by atoms with Gasteiger partial charge in [0.2, 0.25) is 6.86 Å². The van der Waals surface area contributed by atoms with E-state index in [0.29, 0.717) is 5.39 Å². The lowest BCUT2D eigenvalue weighted by atomic mass is 9.98. The Balaban J connectivity index is 2.79. The molecule has 0 atom stereocenters. The number of ether oxygens (including phenoxy) is 1. The predicted octanol–water partition coefficient (Wildman–Crippen LogP) is 3.80. The number of hydrogen-bond donors (Lipinski definition) is 0. The summed E-state index contributed by atoms with van der Waals surface area (Å²) >= 11 is 0. The van der Waals surface area contributed by atoms with Crippen molar-refractivity contribution in [2.24, 2.45) is 0 Å². The first-order valence-corrected chi connectivity index (χ1v) is 5.40. The molecule has 0 saturated carbocycles. The molecule has 0 fully saturated rings. The minimum absolute atomic E-state index is 0.0314. The first-order chi connectivity index (χ1) is 8.15. The summed E-state index contributed by atoms with van der Waals surface area (Å²) < 4.78 is 30.7. The molecule has 0 saturated heterocycles. The van der Waals surface area contributed by atoms with Crippen molar-refractivity contribution in [1.29, 1.82) is 0 Å². The van der Waals surface area contributed by atoms with Crippen molar-refractivity contribution in [2.75, 3.05) is 6.86 Å². The number of fused-ring (bicyclic) bond motifs is 1. The summed E-state index contributed by atoms with van der Waals surface area (Å²) in [4.78, 5) is 4.09. The van der Waals surface area contributed by atoms with Crippen LogP contribution in [0.5, 0.6) is 5.75 Å². The first-order valence-electron chi connectivity index (χ1n) is 5.40. The largest absolute Gasteiger partial charge is 0.459 e. The van der Waals surface area contributed by atoms with E-state index in [0.717, 1.165) is 10.9 Å². The van der Waals surface area contributed by atoms with Gasteiger partial charge in [-0.2, -0.15) is 0 Å². The van der Waals surface area contributed by atoms with Gasteiger partial charge in [-0.25, -0.2) is 8.78 Å². The molecule has 0 spiro atoms. The van der Waals surface area contributed by atoms with Crippen LogP contribution in [0, 0.1) is 5.82 Å². The van der Waals surface area contributed by atoms with Gasteiger partial charge in [0.05, 0.1) is 0 Å². The number of aromatic nitrogens is 1. The molecule has 0 aliphatic rings. The van der Waals surface area contributed by atoms with Crippen LogP contribution in [0.4, 0.5) is 8.78 Å². The Morgan fingerprint density at radius 1 is 1.29 bits per heavy atom. The molecule has 2 nitrogen and oxygen atoms in total. The minimum atomic E-state index is -1.05. The standard InChI is InChI=1S/C13H13F2NO/c1-8(2)10-6-16-5-9-3-4-11(15)13(12(9)10)17-7-14/h3-6,8H,7H2,1-2H3. The molecule has 1 aromatic heterocycles. The fraction of sp³-hybridized carbons (Fsp3) is 0.308. The van der Waals surface area contributed by atoms with Crippen molar-refractivity contribution in [3.05, 3.63) is 35.9 Å². The van der Waals surface area contributed by atoms with Crippen LogP contribution in [-0.4, -0.2) is 11.8 Å². The molecule has 0 aliphatic heterocycles. The normalized spacial score (nSPS) is 11.1. The molecule has 17 heavy (non-hydrogen) atoms. The summed E-state index contributed by atoms with van der Waals surface area (Å²) in [6.07, 6.45) is 3.28. The monoisotopic (exact) mass is 237 g/mol. The smallest absolute Gasteiger partial charge is 0.228 e. The number of hydrogen-bond acceptors (Lipinski definition) is 2. The summed E-state index contributed by atoms with van der Waals surface area (Å²) in [5.41, 5.74) is 0.852. The maximum Gasteiger partial charge on any atom is 0.228 e. The molecule has 0 bridgehead atoms. The van der Waals surface area contributed by atoms with Crippen molar-refractivity contribution in [1.82, 2.24) is 4.98 Å². The van der Waals surface area contributed by atoms with Crippen LogP contribution in [0.2, 0.25) is 0 Å². The van der Waals surface area contributed by atoms with E-state index in [-0.39, 0.29) is 11.7 Å². The molecule has 4 heteroatoms. The van der Waals surface area contributed by atoms with Crippen molar-refractivity contribution in [3.8, 4) is 5.75 Å². The van der Waals surface area contributed by atoms with Gasteiger partial charge in [-0.15, -0.1) is 0 Å². The van der Waals surface area contributed by atoms with E-state index in [1.54, 1.807) is 18.5 Å².